The first-order chi connectivity index (χ1) is 11.7. The molecule has 0 atom stereocenters. The first-order valence-corrected chi connectivity index (χ1v) is 8.17. The zero-order chi connectivity index (χ0) is 16.9. The number of methoxy groups -OCH3 is 1. The lowest BCUT2D eigenvalue weighted by Crippen LogP contribution is -2.04. The average molecular weight is 364 g/mol. The van der Waals surface area contributed by atoms with Crippen LogP contribution in [-0.4, -0.2) is 31.8 Å². The summed E-state index contributed by atoms with van der Waals surface area (Å²) < 4.78 is 12.6. The minimum Gasteiger partial charge on any atom is -0.484 e. The average Bonchev–Trinajstić information content (AvgIpc) is 2.94. The van der Waals surface area contributed by atoms with Gasteiger partial charge in [0.15, 0.2) is 16.1 Å². The van der Waals surface area contributed by atoms with Gasteiger partial charge < -0.3 is 14.0 Å². The minimum absolute atomic E-state index is 0.257. The standard InChI is InChI=1S/C15H14ClN5O2S/c1-21-12(9-23-11-6-4-3-5-10(11)16)19-20-15(21)24-14-17-8-7-13(18-14)22-2/h3-8H,9H2,1-2H3. The summed E-state index contributed by atoms with van der Waals surface area (Å²) in [7, 11) is 3.41. The third-order valence-electron chi connectivity index (χ3n) is 3.12. The second kappa shape index (κ2) is 7.50. The fourth-order valence-electron chi connectivity index (χ4n) is 1.83. The van der Waals surface area contributed by atoms with Gasteiger partial charge in [-0.3, -0.25) is 0 Å². The van der Waals surface area contributed by atoms with Gasteiger partial charge in [-0.1, -0.05) is 23.7 Å². The lowest BCUT2D eigenvalue weighted by Gasteiger charge is -2.07. The van der Waals surface area contributed by atoms with E-state index in [0.717, 1.165) is 0 Å². The Balaban J connectivity index is 1.70. The number of rotatable bonds is 6. The van der Waals surface area contributed by atoms with Crippen molar-refractivity contribution in [1.82, 2.24) is 24.7 Å². The summed E-state index contributed by atoms with van der Waals surface area (Å²) in [4.78, 5) is 8.42. The molecule has 2 aromatic heterocycles. The summed E-state index contributed by atoms with van der Waals surface area (Å²) >= 11 is 7.37. The maximum Gasteiger partial charge on any atom is 0.217 e. The van der Waals surface area contributed by atoms with Crippen LogP contribution in [0.15, 0.2) is 46.8 Å². The van der Waals surface area contributed by atoms with Crippen LogP contribution in [0.25, 0.3) is 0 Å². The molecule has 24 heavy (non-hydrogen) atoms. The molecular formula is C15H14ClN5O2S. The van der Waals surface area contributed by atoms with Crippen molar-refractivity contribution in [2.75, 3.05) is 7.11 Å². The molecule has 0 amide bonds. The number of ether oxygens (including phenoxy) is 2. The second-order valence-corrected chi connectivity index (χ2v) is 6.00. The van der Waals surface area contributed by atoms with Gasteiger partial charge >= 0.3 is 0 Å². The largest absolute Gasteiger partial charge is 0.484 e. The van der Waals surface area contributed by atoms with Crippen LogP contribution in [0.3, 0.4) is 0 Å². The van der Waals surface area contributed by atoms with Crippen LogP contribution in [0.5, 0.6) is 11.6 Å². The van der Waals surface area contributed by atoms with Crippen LogP contribution in [0, 0.1) is 0 Å². The van der Waals surface area contributed by atoms with E-state index in [-0.39, 0.29) is 6.61 Å². The lowest BCUT2D eigenvalue weighted by molar-refractivity contribution is 0.290. The summed E-state index contributed by atoms with van der Waals surface area (Å²) in [5.74, 6) is 1.77. The third kappa shape index (κ3) is 3.77. The molecule has 0 aliphatic carbocycles. The molecule has 9 heteroatoms. The number of para-hydroxylation sites is 1. The van der Waals surface area contributed by atoms with E-state index in [9.17, 15) is 0 Å². The minimum atomic E-state index is 0.257. The summed E-state index contributed by atoms with van der Waals surface area (Å²) in [6.45, 7) is 0.257. The van der Waals surface area contributed by atoms with E-state index in [4.69, 9.17) is 21.1 Å². The summed E-state index contributed by atoms with van der Waals surface area (Å²) in [6, 6.07) is 8.97. The molecule has 0 fully saturated rings. The highest BCUT2D eigenvalue weighted by Crippen LogP contribution is 2.26. The van der Waals surface area contributed by atoms with Crippen molar-refractivity contribution in [2.45, 2.75) is 16.9 Å². The van der Waals surface area contributed by atoms with Gasteiger partial charge in [-0.25, -0.2) is 4.98 Å². The van der Waals surface area contributed by atoms with E-state index in [0.29, 0.717) is 32.8 Å². The number of hydrogen-bond acceptors (Lipinski definition) is 7. The molecule has 0 aliphatic rings. The maximum absolute atomic E-state index is 6.07. The number of benzene rings is 1. The van der Waals surface area contributed by atoms with Crippen LogP contribution >= 0.6 is 23.4 Å². The van der Waals surface area contributed by atoms with Gasteiger partial charge in [0.05, 0.1) is 12.1 Å². The van der Waals surface area contributed by atoms with Crippen LogP contribution in [0.4, 0.5) is 0 Å². The van der Waals surface area contributed by atoms with Gasteiger partial charge in [0.2, 0.25) is 5.88 Å². The predicted molar refractivity (Wildman–Crippen MR) is 89.5 cm³/mol. The molecule has 1 aromatic carbocycles. The first-order valence-electron chi connectivity index (χ1n) is 6.98. The summed E-state index contributed by atoms with van der Waals surface area (Å²) in [6.07, 6.45) is 1.63. The molecule has 7 nitrogen and oxygen atoms in total. The monoisotopic (exact) mass is 363 g/mol. The topological polar surface area (TPSA) is 75.0 Å². The van der Waals surface area contributed by atoms with Gasteiger partial charge in [0.25, 0.3) is 0 Å². The quantitative estimate of drug-likeness (QED) is 0.623. The molecule has 0 saturated carbocycles. The molecule has 0 radical (unpaired) electrons. The first kappa shape index (κ1) is 16.5. The number of aromatic nitrogens is 5. The molecule has 124 valence electrons. The van der Waals surface area contributed by atoms with Gasteiger partial charge in [-0.2, -0.15) is 4.98 Å². The van der Waals surface area contributed by atoms with Crippen molar-refractivity contribution in [3.63, 3.8) is 0 Å². The van der Waals surface area contributed by atoms with E-state index in [1.165, 1.54) is 11.8 Å². The molecule has 0 N–H and O–H groups in total. The van der Waals surface area contributed by atoms with E-state index in [2.05, 4.69) is 20.2 Å². The molecule has 0 spiro atoms. The Morgan fingerprint density at radius 2 is 2.04 bits per heavy atom. The van der Waals surface area contributed by atoms with Crippen molar-refractivity contribution in [3.05, 3.63) is 47.4 Å². The van der Waals surface area contributed by atoms with Gasteiger partial charge in [-0.15, -0.1) is 10.2 Å². The predicted octanol–water partition coefficient (Wildman–Crippen LogP) is 3.00. The molecular weight excluding hydrogens is 350 g/mol. The second-order valence-electron chi connectivity index (χ2n) is 4.66. The van der Waals surface area contributed by atoms with E-state index in [1.807, 2.05) is 23.7 Å². The zero-order valence-electron chi connectivity index (χ0n) is 13.0. The number of nitrogens with zero attached hydrogens (tertiary/aromatic N) is 5. The Kier molecular flexibility index (Phi) is 5.17. The molecule has 0 saturated heterocycles. The van der Waals surface area contributed by atoms with Gasteiger partial charge in [0, 0.05) is 19.3 Å². The molecule has 0 bridgehead atoms. The number of hydrogen-bond donors (Lipinski definition) is 0. The Labute approximate surface area is 148 Å². The highest BCUT2D eigenvalue weighted by Gasteiger charge is 2.13. The van der Waals surface area contributed by atoms with Crippen molar-refractivity contribution in [3.8, 4) is 11.6 Å². The van der Waals surface area contributed by atoms with Crippen molar-refractivity contribution < 1.29 is 9.47 Å². The Morgan fingerprint density at radius 3 is 2.83 bits per heavy atom. The molecule has 3 aromatic rings. The van der Waals surface area contributed by atoms with Gasteiger partial charge in [-0.05, 0) is 23.9 Å². The highest BCUT2D eigenvalue weighted by atomic mass is 35.5. The van der Waals surface area contributed by atoms with E-state index in [1.54, 1.807) is 31.5 Å². The lowest BCUT2D eigenvalue weighted by atomic mass is 10.3. The number of halogens is 1. The van der Waals surface area contributed by atoms with E-state index >= 15 is 0 Å². The normalized spacial score (nSPS) is 10.6. The van der Waals surface area contributed by atoms with Crippen LogP contribution in [0.1, 0.15) is 5.82 Å². The van der Waals surface area contributed by atoms with Crippen molar-refractivity contribution >= 4 is 23.4 Å². The van der Waals surface area contributed by atoms with E-state index < -0.39 is 0 Å². The highest BCUT2D eigenvalue weighted by molar-refractivity contribution is 7.99. The fourth-order valence-corrected chi connectivity index (χ4v) is 2.76. The Morgan fingerprint density at radius 1 is 1.21 bits per heavy atom. The summed E-state index contributed by atoms with van der Waals surface area (Å²) in [5.41, 5.74) is 0. The molecule has 3 rings (SSSR count). The molecule has 2 heterocycles. The van der Waals surface area contributed by atoms with Crippen molar-refractivity contribution in [1.29, 1.82) is 0 Å². The zero-order valence-corrected chi connectivity index (χ0v) is 14.6. The SMILES string of the molecule is COc1ccnc(Sc2nnc(COc3ccccc3Cl)n2C)n1. The Bertz CT molecular complexity index is 842. The van der Waals surface area contributed by atoms with Crippen LogP contribution in [0.2, 0.25) is 5.02 Å². The smallest absolute Gasteiger partial charge is 0.217 e. The molecule has 0 aliphatic heterocycles. The molecule has 0 unspecified atom stereocenters. The van der Waals surface area contributed by atoms with Crippen molar-refractivity contribution in [2.24, 2.45) is 7.05 Å². The van der Waals surface area contributed by atoms with Gasteiger partial charge in [0.1, 0.15) is 12.4 Å². The maximum atomic E-state index is 6.07. The summed E-state index contributed by atoms with van der Waals surface area (Å²) in [5, 5.41) is 10.0. The van der Waals surface area contributed by atoms with Crippen LogP contribution < -0.4 is 9.47 Å². The fraction of sp³-hybridized carbons (Fsp3) is 0.200. The Hall–Kier alpha value is -2.32. The van der Waals surface area contributed by atoms with Crippen LogP contribution in [-0.2, 0) is 13.7 Å². The third-order valence-corrected chi connectivity index (χ3v) is 4.35.